The van der Waals surface area contributed by atoms with Gasteiger partial charge in [0, 0.05) is 10.3 Å². The Morgan fingerprint density at radius 1 is 1.35 bits per heavy atom. The molecular formula is C15H16BrClO2S. The Morgan fingerprint density at radius 3 is 2.75 bits per heavy atom. The largest absolute Gasteiger partial charge is 0.496 e. The van der Waals surface area contributed by atoms with Crippen LogP contribution in [0.15, 0.2) is 34.1 Å². The summed E-state index contributed by atoms with van der Waals surface area (Å²) in [7, 11) is 1.66. The number of benzene rings is 1. The van der Waals surface area contributed by atoms with Crippen LogP contribution in [0.2, 0.25) is 0 Å². The van der Waals surface area contributed by atoms with E-state index in [-0.39, 0.29) is 5.38 Å². The Hall–Kier alpha value is -0.710. The van der Waals surface area contributed by atoms with Crippen molar-refractivity contribution in [1.29, 1.82) is 0 Å². The molecule has 1 atom stereocenters. The molecule has 0 saturated heterocycles. The van der Waals surface area contributed by atoms with Gasteiger partial charge in [-0.3, -0.25) is 0 Å². The van der Waals surface area contributed by atoms with Crippen LogP contribution in [0.4, 0.5) is 0 Å². The number of alkyl halides is 1. The molecule has 2 rings (SSSR count). The molecule has 0 aliphatic carbocycles. The molecule has 0 bridgehead atoms. The van der Waals surface area contributed by atoms with Crippen molar-refractivity contribution >= 4 is 38.9 Å². The highest BCUT2D eigenvalue weighted by atomic mass is 79.9. The van der Waals surface area contributed by atoms with Gasteiger partial charge >= 0.3 is 0 Å². The number of hydrogen-bond donors (Lipinski definition) is 0. The summed E-state index contributed by atoms with van der Waals surface area (Å²) in [6.07, 6.45) is 0.987. The molecule has 0 amide bonds. The smallest absolute Gasteiger partial charge is 0.133 e. The summed E-state index contributed by atoms with van der Waals surface area (Å²) in [6.45, 7) is 2.80. The monoisotopic (exact) mass is 374 g/mol. The number of thiophene rings is 1. The minimum absolute atomic E-state index is 0.180. The van der Waals surface area contributed by atoms with Gasteiger partial charge in [-0.05, 0) is 46.1 Å². The Labute approximate surface area is 136 Å². The molecule has 2 aromatic rings. The Morgan fingerprint density at radius 2 is 2.15 bits per heavy atom. The van der Waals surface area contributed by atoms with Crippen molar-refractivity contribution < 1.29 is 9.47 Å². The van der Waals surface area contributed by atoms with Crippen molar-refractivity contribution in [2.24, 2.45) is 0 Å². The van der Waals surface area contributed by atoms with E-state index in [1.165, 1.54) is 0 Å². The fourth-order valence-electron chi connectivity index (χ4n) is 1.74. The summed E-state index contributed by atoms with van der Waals surface area (Å²) in [5.74, 6) is 1.70. The van der Waals surface area contributed by atoms with Crippen LogP contribution < -0.4 is 9.47 Å². The van der Waals surface area contributed by atoms with Crippen LogP contribution in [0.25, 0.3) is 0 Å². The second kappa shape index (κ2) is 7.34. The average Bonchev–Trinajstić information content (AvgIpc) is 2.94. The summed E-state index contributed by atoms with van der Waals surface area (Å²) >= 11 is 11.7. The van der Waals surface area contributed by atoms with E-state index in [1.807, 2.05) is 29.6 Å². The second-order valence-corrected chi connectivity index (χ2v) is 6.52. The number of rotatable bonds is 6. The highest BCUT2D eigenvalue weighted by Gasteiger charge is 2.15. The van der Waals surface area contributed by atoms with Crippen LogP contribution in [0.3, 0.4) is 0 Å². The Bertz CT molecular complexity index is 571. The maximum Gasteiger partial charge on any atom is 0.133 e. The van der Waals surface area contributed by atoms with Crippen LogP contribution in [0.1, 0.15) is 29.2 Å². The third kappa shape index (κ3) is 3.68. The van der Waals surface area contributed by atoms with E-state index in [4.69, 9.17) is 21.1 Å². The number of methoxy groups -OCH3 is 1. The number of ether oxygens (including phenoxy) is 2. The van der Waals surface area contributed by atoms with E-state index in [0.29, 0.717) is 6.61 Å². The van der Waals surface area contributed by atoms with Crippen LogP contribution in [0.5, 0.6) is 11.5 Å². The fraction of sp³-hybridized carbons (Fsp3) is 0.333. The van der Waals surface area contributed by atoms with Crippen molar-refractivity contribution in [3.8, 4) is 11.5 Å². The first kappa shape index (κ1) is 15.7. The first-order valence-electron chi connectivity index (χ1n) is 6.34. The molecule has 0 fully saturated rings. The molecule has 0 aliphatic rings. The van der Waals surface area contributed by atoms with Gasteiger partial charge in [0.05, 0.1) is 23.6 Å². The van der Waals surface area contributed by atoms with Gasteiger partial charge in [-0.15, -0.1) is 22.9 Å². The van der Waals surface area contributed by atoms with E-state index in [0.717, 1.165) is 32.8 Å². The van der Waals surface area contributed by atoms with E-state index in [9.17, 15) is 0 Å². The van der Waals surface area contributed by atoms with Gasteiger partial charge in [-0.1, -0.05) is 13.0 Å². The molecule has 108 valence electrons. The quantitative estimate of drug-likeness (QED) is 0.609. The van der Waals surface area contributed by atoms with Gasteiger partial charge in [0.25, 0.3) is 0 Å². The molecule has 1 aromatic carbocycles. The van der Waals surface area contributed by atoms with Crippen LogP contribution in [0, 0.1) is 0 Å². The molecule has 1 unspecified atom stereocenters. The summed E-state index contributed by atoms with van der Waals surface area (Å²) in [4.78, 5) is 1.07. The van der Waals surface area contributed by atoms with Crippen molar-refractivity contribution in [3.05, 3.63) is 44.6 Å². The summed E-state index contributed by atoms with van der Waals surface area (Å²) < 4.78 is 11.8. The maximum atomic E-state index is 6.52. The Balaban J connectivity index is 2.17. The molecule has 5 heteroatoms. The minimum Gasteiger partial charge on any atom is -0.496 e. The molecule has 20 heavy (non-hydrogen) atoms. The third-order valence-corrected chi connectivity index (χ3v) is 5.00. The SMILES string of the molecule is CCCOc1ccc(C(Cl)c2cc(OC)cs2)cc1Br. The van der Waals surface area contributed by atoms with E-state index >= 15 is 0 Å². The van der Waals surface area contributed by atoms with Gasteiger partial charge in [-0.25, -0.2) is 0 Å². The number of halogens is 2. The molecule has 2 nitrogen and oxygen atoms in total. The van der Waals surface area contributed by atoms with Crippen molar-refractivity contribution in [2.75, 3.05) is 13.7 Å². The van der Waals surface area contributed by atoms with E-state index in [1.54, 1.807) is 18.4 Å². The normalized spacial score (nSPS) is 12.2. The van der Waals surface area contributed by atoms with Gasteiger partial charge in [0.15, 0.2) is 0 Å². The summed E-state index contributed by atoms with van der Waals surface area (Å²) in [6, 6.07) is 7.93. The van der Waals surface area contributed by atoms with Crippen LogP contribution >= 0.6 is 38.9 Å². The van der Waals surface area contributed by atoms with E-state index < -0.39 is 0 Å². The van der Waals surface area contributed by atoms with Crippen molar-refractivity contribution in [3.63, 3.8) is 0 Å². The molecule has 0 aliphatic heterocycles. The molecule has 0 N–H and O–H groups in total. The van der Waals surface area contributed by atoms with Crippen molar-refractivity contribution in [1.82, 2.24) is 0 Å². The average molecular weight is 376 g/mol. The highest BCUT2D eigenvalue weighted by molar-refractivity contribution is 9.10. The molecule has 1 aromatic heterocycles. The van der Waals surface area contributed by atoms with Gasteiger partial charge in [0.2, 0.25) is 0 Å². The highest BCUT2D eigenvalue weighted by Crippen LogP contribution is 2.38. The molecule has 0 spiro atoms. The van der Waals surface area contributed by atoms with Gasteiger partial charge in [0.1, 0.15) is 11.5 Å². The lowest BCUT2D eigenvalue weighted by atomic mass is 10.1. The van der Waals surface area contributed by atoms with Gasteiger partial charge < -0.3 is 9.47 Å². The predicted octanol–water partition coefficient (Wildman–Crippen LogP) is 5.64. The zero-order chi connectivity index (χ0) is 14.5. The van der Waals surface area contributed by atoms with Crippen LogP contribution in [-0.4, -0.2) is 13.7 Å². The summed E-state index contributed by atoms with van der Waals surface area (Å²) in [5.41, 5.74) is 1.03. The molecule has 0 saturated carbocycles. The second-order valence-electron chi connectivity index (χ2n) is 4.29. The van der Waals surface area contributed by atoms with Crippen molar-refractivity contribution in [2.45, 2.75) is 18.7 Å². The molecule has 0 radical (unpaired) electrons. The zero-order valence-corrected chi connectivity index (χ0v) is 14.5. The third-order valence-electron chi connectivity index (χ3n) is 2.79. The van der Waals surface area contributed by atoms with Gasteiger partial charge in [-0.2, -0.15) is 0 Å². The Kier molecular flexibility index (Phi) is 5.75. The lowest BCUT2D eigenvalue weighted by Gasteiger charge is -2.11. The minimum atomic E-state index is -0.180. The standard InChI is InChI=1S/C15H16BrClO2S/c1-3-6-19-13-5-4-10(7-12(13)16)15(17)14-8-11(18-2)9-20-14/h4-5,7-9,15H,3,6H2,1-2H3. The maximum absolute atomic E-state index is 6.52. The lowest BCUT2D eigenvalue weighted by Crippen LogP contribution is -1.97. The molecular weight excluding hydrogens is 360 g/mol. The fourth-order valence-corrected chi connectivity index (χ4v) is 3.46. The zero-order valence-electron chi connectivity index (χ0n) is 11.4. The lowest BCUT2D eigenvalue weighted by molar-refractivity contribution is 0.315. The van der Waals surface area contributed by atoms with Crippen LogP contribution in [-0.2, 0) is 0 Å². The first-order chi connectivity index (χ1) is 9.65. The number of hydrogen-bond acceptors (Lipinski definition) is 3. The summed E-state index contributed by atoms with van der Waals surface area (Å²) in [5, 5.41) is 1.78. The molecule has 1 heterocycles. The first-order valence-corrected chi connectivity index (χ1v) is 8.45. The predicted molar refractivity (Wildman–Crippen MR) is 88.5 cm³/mol. The topological polar surface area (TPSA) is 18.5 Å². The van der Waals surface area contributed by atoms with E-state index in [2.05, 4.69) is 22.9 Å².